The van der Waals surface area contributed by atoms with E-state index >= 15 is 0 Å². The van der Waals surface area contributed by atoms with E-state index in [4.69, 9.17) is 11.6 Å². The Morgan fingerprint density at radius 1 is 1.50 bits per heavy atom. The van der Waals surface area contributed by atoms with Crippen molar-refractivity contribution >= 4 is 28.7 Å². The first-order chi connectivity index (χ1) is 5.81. The molecule has 0 aliphatic heterocycles. The van der Waals surface area contributed by atoms with E-state index in [9.17, 15) is 4.91 Å². The van der Waals surface area contributed by atoms with E-state index in [-0.39, 0.29) is 11.1 Å². The number of rotatable bonds is 1. The highest BCUT2D eigenvalue weighted by Gasteiger charge is 2.07. The molecular weight excluding hydrogens is 182 g/mol. The third-order valence-electron chi connectivity index (χ3n) is 1.31. The van der Waals surface area contributed by atoms with Gasteiger partial charge in [-0.3, -0.25) is 0 Å². The first-order valence-electron chi connectivity index (χ1n) is 3.01. The van der Waals surface area contributed by atoms with Gasteiger partial charge in [0.05, 0.1) is 6.33 Å². The summed E-state index contributed by atoms with van der Waals surface area (Å²) in [5.74, 6) is -0.209. The number of hydrogen-bond donors (Lipinski definition) is 1. The van der Waals surface area contributed by atoms with Crippen molar-refractivity contribution in [2.24, 2.45) is 5.18 Å². The fourth-order valence-corrected chi connectivity index (χ4v) is 1.04. The minimum atomic E-state index is -0.209. The van der Waals surface area contributed by atoms with Crippen molar-refractivity contribution in [1.82, 2.24) is 19.9 Å². The quantitative estimate of drug-likeness (QED) is 0.535. The molecule has 7 heteroatoms. The monoisotopic (exact) mass is 183 g/mol. The highest BCUT2D eigenvalue weighted by atomic mass is 35.5. The molecule has 1 N–H and O–H groups in total. The van der Waals surface area contributed by atoms with Crippen molar-refractivity contribution in [3.63, 3.8) is 0 Å². The van der Waals surface area contributed by atoms with Crippen LogP contribution < -0.4 is 0 Å². The summed E-state index contributed by atoms with van der Waals surface area (Å²) in [6, 6.07) is 0. The zero-order valence-corrected chi connectivity index (χ0v) is 6.41. The summed E-state index contributed by atoms with van der Waals surface area (Å²) in [5.41, 5.74) is 0.841. The van der Waals surface area contributed by atoms with Crippen LogP contribution in [0.25, 0.3) is 11.2 Å². The summed E-state index contributed by atoms with van der Waals surface area (Å²) >= 11 is 5.66. The fraction of sp³-hybridized carbons (Fsp3) is 0. The molecular formula is C5H2ClN5O. The smallest absolute Gasteiger partial charge is 0.294 e. The fourth-order valence-electron chi connectivity index (χ4n) is 0.828. The molecule has 60 valence electrons. The largest absolute Gasteiger partial charge is 0.341 e. The van der Waals surface area contributed by atoms with Gasteiger partial charge >= 0.3 is 0 Å². The van der Waals surface area contributed by atoms with Crippen LogP contribution in [0.2, 0.25) is 5.15 Å². The molecule has 0 aliphatic carbocycles. The van der Waals surface area contributed by atoms with Crippen LogP contribution in [-0.4, -0.2) is 19.9 Å². The van der Waals surface area contributed by atoms with Gasteiger partial charge in [0.15, 0.2) is 10.8 Å². The Morgan fingerprint density at radius 3 is 3.08 bits per heavy atom. The molecule has 0 saturated heterocycles. The lowest BCUT2D eigenvalue weighted by molar-refractivity contribution is 1.16. The van der Waals surface area contributed by atoms with E-state index in [1.54, 1.807) is 0 Å². The number of nitrogens with zero attached hydrogens (tertiary/aromatic N) is 4. The summed E-state index contributed by atoms with van der Waals surface area (Å²) in [7, 11) is 0. The van der Waals surface area contributed by atoms with Crippen molar-refractivity contribution in [2.75, 3.05) is 0 Å². The van der Waals surface area contributed by atoms with Gasteiger partial charge in [0.25, 0.3) is 5.95 Å². The van der Waals surface area contributed by atoms with Gasteiger partial charge in [-0.25, -0.2) is 4.98 Å². The van der Waals surface area contributed by atoms with Crippen LogP contribution in [0, 0.1) is 4.91 Å². The molecule has 2 aromatic rings. The highest BCUT2D eigenvalue weighted by molar-refractivity contribution is 6.33. The minimum absolute atomic E-state index is 0.145. The van der Waals surface area contributed by atoms with Crippen LogP contribution >= 0.6 is 11.6 Å². The molecule has 0 amide bonds. The lowest BCUT2D eigenvalue weighted by Gasteiger charge is -1.90. The van der Waals surface area contributed by atoms with E-state index < -0.39 is 0 Å². The molecule has 0 fully saturated rings. The average molecular weight is 184 g/mol. The van der Waals surface area contributed by atoms with Crippen LogP contribution in [-0.2, 0) is 0 Å². The maximum Gasteiger partial charge on any atom is 0.294 e. The molecule has 0 aromatic carbocycles. The maximum absolute atomic E-state index is 10.1. The lowest BCUT2D eigenvalue weighted by Crippen LogP contribution is -1.84. The number of imidazole rings is 1. The number of halogens is 1. The molecule has 0 saturated carbocycles. The van der Waals surface area contributed by atoms with Crippen molar-refractivity contribution in [3.8, 4) is 0 Å². The van der Waals surface area contributed by atoms with Gasteiger partial charge in [0, 0.05) is 5.18 Å². The number of nitroso groups, excluding NO2 is 1. The minimum Gasteiger partial charge on any atom is -0.341 e. The third-order valence-corrected chi connectivity index (χ3v) is 1.58. The van der Waals surface area contributed by atoms with Crippen LogP contribution in [0.1, 0.15) is 0 Å². The van der Waals surface area contributed by atoms with Crippen LogP contribution in [0.4, 0.5) is 5.95 Å². The topological polar surface area (TPSA) is 83.9 Å². The van der Waals surface area contributed by atoms with E-state index in [1.165, 1.54) is 6.33 Å². The second-order valence-corrected chi connectivity index (χ2v) is 2.36. The van der Waals surface area contributed by atoms with Crippen LogP contribution in [0.15, 0.2) is 11.5 Å². The van der Waals surface area contributed by atoms with E-state index in [2.05, 4.69) is 25.1 Å². The first kappa shape index (κ1) is 7.11. The second-order valence-electron chi connectivity index (χ2n) is 2.01. The third kappa shape index (κ3) is 0.928. The van der Waals surface area contributed by atoms with Gasteiger partial charge in [-0.15, -0.1) is 4.91 Å². The number of fused-ring (bicyclic) bond motifs is 1. The molecule has 12 heavy (non-hydrogen) atoms. The second kappa shape index (κ2) is 2.49. The van der Waals surface area contributed by atoms with Gasteiger partial charge < -0.3 is 4.98 Å². The molecule has 2 heterocycles. The molecule has 0 unspecified atom stereocenters. The molecule has 0 atom stereocenters. The van der Waals surface area contributed by atoms with Gasteiger partial charge in [-0.05, 0) is 0 Å². The van der Waals surface area contributed by atoms with Crippen LogP contribution in [0.3, 0.4) is 0 Å². The molecule has 6 nitrogen and oxygen atoms in total. The zero-order chi connectivity index (χ0) is 8.55. The molecule has 2 rings (SSSR count). The average Bonchev–Trinajstić information content (AvgIpc) is 2.52. The van der Waals surface area contributed by atoms with Gasteiger partial charge in [-0.1, -0.05) is 11.6 Å². The Hall–Kier alpha value is -1.56. The molecule has 0 aliphatic rings. The standard InChI is InChI=1S/C5H2ClN5O/c6-3-2-4(8-1-7-2)10-5(9-3)11-12/h1H,(H,7,8,9,10). The summed E-state index contributed by atoms with van der Waals surface area (Å²) in [6.45, 7) is 0. The van der Waals surface area contributed by atoms with Crippen molar-refractivity contribution in [2.45, 2.75) is 0 Å². The van der Waals surface area contributed by atoms with Gasteiger partial charge in [-0.2, -0.15) is 9.97 Å². The zero-order valence-electron chi connectivity index (χ0n) is 5.65. The van der Waals surface area contributed by atoms with E-state index in [1.807, 2.05) is 0 Å². The maximum atomic E-state index is 10.1. The molecule has 0 spiro atoms. The van der Waals surface area contributed by atoms with Crippen LogP contribution in [0.5, 0.6) is 0 Å². The van der Waals surface area contributed by atoms with Gasteiger partial charge in [0.1, 0.15) is 5.52 Å². The van der Waals surface area contributed by atoms with Crippen molar-refractivity contribution in [1.29, 1.82) is 0 Å². The van der Waals surface area contributed by atoms with E-state index in [0.29, 0.717) is 11.2 Å². The Bertz CT molecular complexity index is 438. The summed E-state index contributed by atoms with van der Waals surface area (Å²) in [6.07, 6.45) is 1.42. The normalized spacial score (nSPS) is 10.4. The molecule has 2 aromatic heterocycles. The number of nitrogens with one attached hydrogen (secondary N) is 1. The van der Waals surface area contributed by atoms with Crippen molar-refractivity contribution < 1.29 is 0 Å². The predicted molar refractivity (Wildman–Crippen MR) is 42.1 cm³/mol. The van der Waals surface area contributed by atoms with Crippen molar-refractivity contribution in [3.05, 3.63) is 16.4 Å². The number of aromatic amines is 1. The highest BCUT2D eigenvalue weighted by Crippen LogP contribution is 2.18. The van der Waals surface area contributed by atoms with Gasteiger partial charge in [0.2, 0.25) is 0 Å². The SMILES string of the molecule is O=Nc1nc(Cl)c2[nH]cnc2n1. The molecule has 0 radical (unpaired) electrons. The summed E-state index contributed by atoms with van der Waals surface area (Å²) in [5, 5.41) is 2.70. The Kier molecular flexibility index (Phi) is 1.47. The first-order valence-corrected chi connectivity index (χ1v) is 3.39. The Labute approximate surface area is 71.0 Å². The Morgan fingerprint density at radius 2 is 2.33 bits per heavy atom. The summed E-state index contributed by atoms with van der Waals surface area (Å²) < 4.78 is 0. The summed E-state index contributed by atoms with van der Waals surface area (Å²) in [4.78, 5) is 23.9. The lowest BCUT2D eigenvalue weighted by atomic mass is 10.6. The van der Waals surface area contributed by atoms with E-state index in [0.717, 1.165) is 0 Å². The number of hydrogen-bond acceptors (Lipinski definition) is 5. The number of H-pyrrole nitrogens is 1. The number of aromatic nitrogens is 4. The predicted octanol–water partition coefficient (Wildman–Crippen LogP) is 1.40. The Balaban J connectivity index is 2.83. The molecule has 0 bridgehead atoms.